The lowest BCUT2D eigenvalue weighted by Gasteiger charge is -2.18. The first-order chi connectivity index (χ1) is 8.74. The first-order valence-corrected chi connectivity index (χ1v) is 6.59. The molecule has 18 heavy (non-hydrogen) atoms. The molecule has 4 heteroatoms. The van der Waals surface area contributed by atoms with Crippen LogP contribution in [0.25, 0.3) is 0 Å². The number of hydrogen-bond acceptors (Lipinski definition) is 3. The van der Waals surface area contributed by atoms with Gasteiger partial charge in [-0.1, -0.05) is 6.07 Å². The summed E-state index contributed by atoms with van der Waals surface area (Å²) in [5.74, 6) is 0.977. The molecule has 1 N–H and O–H groups in total. The van der Waals surface area contributed by atoms with Crippen LogP contribution in [0.4, 0.5) is 0 Å². The highest BCUT2D eigenvalue weighted by Gasteiger charge is 2.43. The maximum absolute atomic E-state index is 12.2. The highest BCUT2D eigenvalue weighted by Crippen LogP contribution is 2.38. The Kier molecular flexibility index (Phi) is 3.04. The zero-order chi connectivity index (χ0) is 12.5. The van der Waals surface area contributed by atoms with Crippen molar-refractivity contribution < 1.29 is 9.90 Å². The fraction of sp³-hybridized carbons (Fsp3) is 0.571. The number of aliphatic hydroxyl groups excluding tert-OH is 1. The number of pyridine rings is 1. The van der Waals surface area contributed by atoms with Crippen LogP contribution in [0.3, 0.4) is 0 Å². The standard InChI is InChI=1S/C14H18N2O2/c17-13-4-3-11-8-16(9-12(11)13)14(18)6-10-2-1-5-15-7-10/h1-2,5,7,11-13,17H,3-4,6,8-9H2. The lowest BCUT2D eigenvalue weighted by Crippen LogP contribution is -2.32. The summed E-state index contributed by atoms with van der Waals surface area (Å²) in [5, 5.41) is 9.84. The second-order valence-corrected chi connectivity index (χ2v) is 5.41. The van der Waals surface area contributed by atoms with E-state index in [9.17, 15) is 9.90 Å². The number of amides is 1. The van der Waals surface area contributed by atoms with Gasteiger partial charge in [-0.3, -0.25) is 9.78 Å². The SMILES string of the molecule is O=C(Cc1cccnc1)N1CC2CCC(O)C2C1. The molecule has 96 valence electrons. The summed E-state index contributed by atoms with van der Waals surface area (Å²) in [5.41, 5.74) is 0.958. The van der Waals surface area contributed by atoms with E-state index in [2.05, 4.69) is 4.98 Å². The second kappa shape index (κ2) is 4.69. The van der Waals surface area contributed by atoms with E-state index >= 15 is 0 Å². The molecule has 0 bridgehead atoms. The highest BCUT2D eigenvalue weighted by atomic mass is 16.3. The Morgan fingerprint density at radius 3 is 3.06 bits per heavy atom. The number of likely N-dealkylation sites (tertiary alicyclic amines) is 1. The van der Waals surface area contributed by atoms with Crippen LogP contribution in [0, 0.1) is 11.8 Å². The number of carbonyl (C=O) groups excluding carboxylic acids is 1. The van der Waals surface area contributed by atoms with E-state index in [4.69, 9.17) is 0 Å². The molecule has 3 rings (SSSR count). The number of carbonyl (C=O) groups is 1. The molecular weight excluding hydrogens is 228 g/mol. The van der Waals surface area contributed by atoms with Crippen molar-refractivity contribution >= 4 is 5.91 Å². The third-order valence-corrected chi connectivity index (χ3v) is 4.25. The molecule has 2 fully saturated rings. The fourth-order valence-electron chi connectivity index (χ4n) is 3.23. The molecule has 1 aliphatic carbocycles. The van der Waals surface area contributed by atoms with Crippen LogP contribution in [0.5, 0.6) is 0 Å². The van der Waals surface area contributed by atoms with Crippen LogP contribution in [0.15, 0.2) is 24.5 Å². The van der Waals surface area contributed by atoms with Gasteiger partial charge < -0.3 is 10.0 Å². The van der Waals surface area contributed by atoms with Gasteiger partial charge in [0.2, 0.25) is 5.91 Å². The van der Waals surface area contributed by atoms with Crippen molar-refractivity contribution in [1.29, 1.82) is 0 Å². The molecule has 1 amide bonds. The molecule has 1 saturated heterocycles. The minimum atomic E-state index is -0.203. The maximum atomic E-state index is 12.2. The summed E-state index contributed by atoms with van der Waals surface area (Å²) in [6.45, 7) is 1.55. The molecule has 1 saturated carbocycles. The van der Waals surface area contributed by atoms with Gasteiger partial charge >= 0.3 is 0 Å². The van der Waals surface area contributed by atoms with E-state index in [1.54, 1.807) is 12.4 Å². The lowest BCUT2D eigenvalue weighted by molar-refractivity contribution is -0.129. The number of fused-ring (bicyclic) bond motifs is 1. The monoisotopic (exact) mass is 246 g/mol. The Bertz CT molecular complexity index is 435. The van der Waals surface area contributed by atoms with Crippen molar-refractivity contribution in [3.05, 3.63) is 30.1 Å². The van der Waals surface area contributed by atoms with Gasteiger partial charge in [-0.2, -0.15) is 0 Å². The van der Waals surface area contributed by atoms with Crippen LogP contribution >= 0.6 is 0 Å². The Morgan fingerprint density at radius 2 is 2.33 bits per heavy atom. The third-order valence-electron chi connectivity index (χ3n) is 4.25. The summed E-state index contributed by atoms with van der Waals surface area (Å²) in [7, 11) is 0. The Labute approximate surface area is 107 Å². The van der Waals surface area contributed by atoms with Gasteiger partial charge in [0.15, 0.2) is 0 Å². The van der Waals surface area contributed by atoms with Crippen molar-refractivity contribution in [1.82, 2.24) is 9.88 Å². The molecule has 1 aliphatic heterocycles. The summed E-state index contributed by atoms with van der Waals surface area (Å²) in [4.78, 5) is 18.1. The van der Waals surface area contributed by atoms with Crippen molar-refractivity contribution in [3.63, 3.8) is 0 Å². The van der Waals surface area contributed by atoms with E-state index in [-0.39, 0.29) is 12.0 Å². The molecule has 1 aromatic rings. The van der Waals surface area contributed by atoms with Crippen molar-refractivity contribution in [2.24, 2.45) is 11.8 Å². The smallest absolute Gasteiger partial charge is 0.227 e. The van der Waals surface area contributed by atoms with Gasteiger partial charge in [0.25, 0.3) is 0 Å². The Hall–Kier alpha value is -1.42. The van der Waals surface area contributed by atoms with Crippen molar-refractivity contribution in [3.8, 4) is 0 Å². The normalized spacial score (nSPS) is 30.5. The average Bonchev–Trinajstić information content (AvgIpc) is 2.93. The largest absolute Gasteiger partial charge is 0.393 e. The predicted molar refractivity (Wildman–Crippen MR) is 66.7 cm³/mol. The van der Waals surface area contributed by atoms with Gasteiger partial charge in [0.1, 0.15) is 0 Å². The number of rotatable bonds is 2. The highest BCUT2D eigenvalue weighted by molar-refractivity contribution is 5.79. The van der Waals surface area contributed by atoms with Gasteiger partial charge in [-0.15, -0.1) is 0 Å². The van der Waals surface area contributed by atoms with Crippen molar-refractivity contribution in [2.75, 3.05) is 13.1 Å². The molecule has 3 atom stereocenters. The van der Waals surface area contributed by atoms with Crippen LogP contribution in [-0.4, -0.2) is 40.1 Å². The molecule has 0 aromatic carbocycles. The summed E-state index contributed by atoms with van der Waals surface area (Å²) in [6.07, 6.45) is 5.63. The molecule has 0 radical (unpaired) electrons. The summed E-state index contributed by atoms with van der Waals surface area (Å²) >= 11 is 0. The number of aliphatic hydroxyl groups is 1. The number of aromatic nitrogens is 1. The fourth-order valence-corrected chi connectivity index (χ4v) is 3.23. The molecule has 2 heterocycles. The molecule has 4 nitrogen and oxygen atoms in total. The number of hydrogen-bond donors (Lipinski definition) is 1. The van der Waals surface area contributed by atoms with Gasteiger partial charge in [0.05, 0.1) is 12.5 Å². The minimum Gasteiger partial charge on any atom is -0.393 e. The Morgan fingerprint density at radius 1 is 1.44 bits per heavy atom. The molecule has 0 spiro atoms. The number of nitrogens with zero attached hydrogens (tertiary/aromatic N) is 2. The topological polar surface area (TPSA) is 53.4 Å². The third kappa shape index (κ3) is 2.12. The van der Waals surface area contributed by atoms with E-state index < -0.39 is 0 Å². The molecular formula is C14H18N2O2. The van der Waals surface area contributed by atoms with Crippen LogP contribution < -0.4 is 0 Å². The zero-order valence-corrected chi connectivity index (χ0v) is 10.3. The van der Waals surface area contributed by atoms with Crippen LogP contribution in [-0.2, 0) is 11.2 Å². The summed E-state index contributed by atoms with van der Waals surface area (Å²) in [6, 6.07) is 3.78. The average molecular weight is 246 g/mol. The maximum Gasteiger partial charge on any atom is 0.227 e. The Balaban J connectivity index is 1.62. The molecule has 3 unspecified atom stereocenters. The van der Waals surface area contributed by atoms with Crippen molar-refractivity contribution in [2.45, 2.75) is 25.4 Å². The quantitative estimate of drug-likeness (QED) is 0.842. The summed E-state index contributed by atoms with van der Waals surface area (Å²) < 4.78 is 0. The van der Waals surface area contributed by atoms with E-state index in [0.717, 1.165) is 31.5 Å². The second-order valence-electron chi connectivity index (χ2n) is 5.41. The van der Waals surface area contributed by atoms with Gasteiger partial charge in [0, 0.05) is 31.4 Å². The van der Waals surface area contributed by atoms with E-state index in [1.165, 1.54) is 0 Å². The zero-order valence-electron chi connectivity index (χ0n) is 10.3. The van der Waals surface area contributed by atoms with Gasteiger partial charge in [-0.05, 0) is 30.4 Å². The van der Waals surface area contributed by atoms with Crippen LogP contribution in [0.2, 0.25) is 0 Å². The van der Waals surface area contributed by atoms with E-state index in [0.29, 0.717) is 18.3 Å². The van der Waals surface area contributed by atoms with E-state index in [1.807, 2.05) is 17.0 Å². The predicted octanol–water partition coefficient (Wildman–Crippen LogP) is 0.853. The first-order valence-electron chi connectivity index (χ1n) is 6.59. The lowest BCUT2D eigenvalue weighted by atomic mass is 10.00. The van der Waals surface area contributed by atoms with Crippen LogP contribution in [0.1, 0.15) is 18.4 Å². The molecule has 1 aromatic heterocycles. The molecule has 2 aliphatic rings. The first kappa shape index (κ1) is 11.7. The minimum absolute atomic E-state index is 0.157. The van der Waals surface area contributed by atoms with Gasteiger partial charge in [-0.25, -0.2) is 0 Å².